The van der Waals surface area contributed by atoms with Gasteiger partial charge in [0, 0.05) is 33.2 Å². The molecular weight excluding hydrogens is 380 g/mol. The van der Waals surface area contributed by atoms with Crippen molar-refractivity contribution in [2.24, 2.45) is 0 Å². The van der Waals surface area contributed by atoms with Gasteiger partial charge >= 0.3 is 0 Å². The van der Waals surface area contributed by atoms with Crippen molar-refractivity contribution in [2.45, 2.75) is 12.5 Å². The first-order valence-corrected chi connectivity index (χ1v) is 9.98. The van der Waals surface area contributed by atoms with Crippen molar-refractivity contribution < 1.29 is 19.1 Å². The van der Waals surface area contributed by atoms with E-state index < -0.39 is 6.04 Å². The van der Waals surface area contributed by atoms with Crippen molar-refractivity contribution in [1.29, 1.82) is 0 Å². The lowest BCUT2D eigenvalue weighted by molar-refractivity contribution is -0.152. The Bertz CT molecular complexity index is 894. The van der Waals surface area contributed by atoms with Crippen LogP contribution in [0.5, 0.6) is 5.75 Å². The zero-order valence-corrected chi connectivity index (χ0v) is 17.5. The van der Waals surface area contributed by atoms with E-state index in [4.69, 9.17) is 9.47 Å². The number of carbonyl (C=O) groups excluding carboxylic acids is 2. The SMILES string of the molecule is C=CCN1CCN(C(=O)COC)C(Cc2ccc(-c3cccc(OC)c3)cc2)C1=O. The Morgan fingerprint density at radius 3 is 2.57 bits per heavy atom. The topological polar surface area (TPSA) is 59.1 Å². The van der Waals surface area contributed by atoms with Gasteiger partial charge in [-0.15, -0.1) is 6.58 Å². The first kappa shape index (κ1) is 21.6. The lowest BCUT2D eigenvalue weighted by Crippen LogP contribution is -2.60. The van der Waals surface area contributed by atoms with Gasteiger partial charge in [-0.1, -0.05) is 42.5 Å². The zero-order chi connectivity index (χ0) is 21.5. The number of carbonyl (C=O) groups is 2. The van der Waals surface area contributed by atoms with Crippen LogP contribution in [0.15, 0.2) is 61.2 Å². The molecule has 158 valence electrons. The quantitative estimate of drug-likeness (QED) is 0.631. The monoisotopic (exact) mass is 408 g/mol. The van der Waals surface area contributed by atoms with Crippen molar-refractivity contribution in [2.75, 3.05) is 40.5 Å². The first-order valence-electron chi connectivity index (χ1n) is 9.98. The molecular formula is C24H28N2O4. The second-order valence-corrected chi connectivity index (χ2v) is 7.24. The molecule has 0 spiro atoms. The van der Waals surface area contributed by atoms with Gasteiger partial charge < -0.3 is 19.3 Å². The molecule has 0 radical (unpaired) electrons. The van der Waals surface area contributed by atoms with Crippen LogP contribution in [0.2, 0.25) is 0 Å². The molecule has 6 nitrogen and oxygen atoms in total. The molecule has 1 atom stereocenters. The number of rotatable bonds is 8. The standard InChI is InChI=1S/C24H28N2O4/c1-4-12-25-13-14-26(23(27)17-29-2)22(24(25)28)15-18-8-10-19(11-9-18)20-6-5-7-21(16-20)30-3/h4-11,16,22H,1,12-15,17H2,2-3H3. The molecule has 1 heterocycles. The van der Waals surface area contributed by atoms with Crippen molar-refractivity contribution in [3.8, 4) is 16.9 Å². The van der Waals surface area contributed by atoms with Crippen LogP contribution in [-0.2, 0) is 20.7 Å². The van der Waals surface area contributed by atoms with Crippen LogP contribution in [0.3, 0.4) is 0 Å². The smallest absolute Gasteiger partial charge is 0.249 e. The molecule has 1 saturated heterocycles. The summed E-state index contributed by atoms with van der Waals surface area (Å²) >= 11 is 0. The fraction of sp³-hybridized carbons (Fsp3) is 0.333. The third-order valence-corrected chi connectivity index (χ3v) is 5.31. The molecule has 0 aliphatic carbocycles. The molecule has 2 aromatic carbocycles. The Morgan fingerprint density at radius 1 is 1.13 bits per heavy atom. The van der Waals surface area contributed by atoms with E-state index in [1.165, 1.54) is 7.11 Å². The summed E-state index contributed by atoms with van der Waals surface area (Å²) in [6.07, 6.45) is 2.17. The van der Waals surface area contributed by atoms with Crippen molar-refractivity contribution in [3.63, 3.8) is 0 Å². The summed E-state index contributed by atoms with van der Waals surface area (Å²) in [5, 5.41) is 0. The highest BCUT2D eigenvalue weighted by atomic mass is 16.5. The van der Waals surface area contributed by atoms with E-state index in [1.54, 1.807) is 23.0 Å². The van der Waals surface area contributed by atoms with Crippen LogP contribution < -0.4 is 4.74 Å². The Morgan fingerprint density at radius 2 is 1.90 bits per heavy atom. The number of hydrogen-bond acceptors (Lipinski definition) is 4. The van der Waals surface area contributed by atoms with E-state index in [0.717, 1.165) is 22.4 Å². The number of ether oxygens (including phenoxy) is 2. The van der Waals surface area contributed by atoms with E-state index >= 15 is 0 Å². The minimum absolute atomic E-state index is 0.0278. The van der Waals surface area contributed by atoms with Gasteiger partial charge in [0.15, 0.2) is 0 Å². The number of methoxy groups -OCH3 is 2. The molecule has 3 rings (SSSR count). The third kappa shape index (κ3) is 4.89. The summed E-state index contributed by atoms with van der Waals surface area (Å²) in [6, 6.07) is 15.4. The van der Waals surface area contributed by atoms with Crippen LogP contribution in [0, 0.1) is 0 Å². The maximum Gasteiger partial charge on any atom is 0.249 e. The van der Waals surface area contributed by atoms with Crippen LogP contribution >= 0.6 is 0 Å². The lowest BCUT2D eigenvalue weighted by Gasteiger charge is -2.40. The Kier molecular flexibility index (Phi) is 7.25. The molecule has 1 aliphatic rings. The second-order valence-electron chi connectivity index (χ2n) is 7.24. The number of nitrogens with zero attached hydrogens (tertiary/aromatic N) is 2. The summed E-state index contributed by atoms with van der Waals surface area (Å²) in [5.41, 5.74) is 3.12. The highest BCUT2D eigenvalue weighted by molar-refractivity contribution is 5.89. The number of hydrogen-bond donors (Lipinski definition) is 0. The predicted octanol–water partition coefficient (Wildman–Crippen LogP) is 2.78. The van der Waals surface area contributed by atoms with Crippen molar-refractivity contribution in [3.05, 3.63) is 66.7 Å². The zero-order valence-electron chi connectivity index (χ0n) is 17.5. The van der Waals surface area contributed by atoms with Gasteiger partial charge in [0.1, 0.15) is 18.4 Å². The maximum atomic E-state index is 13.0. The van der Waals surface area contributed by atoms with E-state index in [9.17, 15) is 9.59 Å². The van der Waals surface area contributed by atoms with E-state index in [1.807, 2.05) is 48.5 Å². The molecule has 6 heteroatoms. The van der Waals surface area contributed by atoms with Crippen LogP contribution in [0.1, 0.15) is 5.56 Å². The van der Waals surface area contributed by atoms with Crippen LogP contribution in [0.25, 0.3) is 11.1 Å². The van der Waals surface area contributed by atoms with Crippen molar-refractivity contribution in [1.82, 2.24) is 9.80 Å². The Hall–Kier alpha value is -3.12. The molecule has 1 unspecified atom stereocenters. The number of benzene rings is 2. The third-order valence-electron chi connectivity index (χ3n) is 5.31. The minimum atomic E-state index is -0.538. The fourth-order valence-electron chi connectivity index (χ4n) is 3.74. The van der Waals surface area contributed by atoms with Gasteiger partial charge in [-0.25, -0.2) is 0 Å². The summed E-state index contributed by atoms with van der Waals surface area (Å²) in [7, 11) is 3.13. The lowest BCUT2D eigenvalue weighted by atomic mass is 9.98. The molecule has 0 aromatic heterocycles. The average molecular weight is 408 g/mol. The summed E-state index contributed by atoms with van der Waals surface area (Å²) < 4.78 is 10.3. The molecule has 1 fully saturated rings. The average Bonchev–Trinajstić information content (AvgIpc) is 2.77. The van der Waals surface area contributed by atoms with Gasteiger partial charge in [0.05, 0.1) is 7.11 Å². The molecule has 0 bridgehead atoms. The van der Waals surface area contributed by atoms with Gasteiger partial charge in [-0.2, -0.15) is 0 Å². The highest BCUT2D eigenvalue weighted by Crippen LogP contribution is 2.25. The van der Waals surface area contributed by atoms with Crippen molar-refractivity contribution >= 4 is 11.8 Å². The van der Waals surface area contributed by atoms with E-state index in [2.05, 4.69) is 6.58 Å². The van der Waals surface area contributed by atoms with Gasteiger partial charge in [-0.3, -0.25) is 9.59 Å². The number of amides is 2. The first-order chi connectivity index (χ1) is 14.6. The van der Waals surface area contributed by atoms with E-state index in [0.29, 0.717) is 26.1 Å². The van der Waals surface area contributed by atoms with Gasteiger partial charge in [0.2, 0.25) is 11.8 Å². The maximum absolute atomic E-state index is 13.0. The van der Waals surface area contributed by atoms with Gasteiger partial charge in [0.25, 0.3) is 0 Å². The van der Waals surface area contributed by atoms with Gasteiger partial charge in [-0.05, 0) is 28.8 Å². The van der Waals surface area contributed by atoms with Crippen LogP contribution in [0.4, 0.5) is 0 Å². The normalized spacial score (nSPS) is 16.5. The summed E-state index contributed by atoms with van der Waals surface area (Å²) in [5.74, 6) is 0.587. The van der Waals surface area contributed by atoms with Crippen LogP contribution in [-0.4, -0.2) is 68.1 Å². The summed E-state index contributed by atoms with van der Waals surface area (Å²) in [6.45, 7) is 5.18. The second kappa shape index (κ2) is 10.1. The number of piperazine rings is 1. The Balaban J connectivity index is 1.80. The molecule has 0 saturated carbocycles. The minimum Gasteiger partial charge on any atom is -0.497 e. The highest BCUT2D eigenvalue weighted by Gasteiger charge is 2.36. The molecule has 2 aromatic rings. The molecule has 1 aliphatic heterocycles. The van der Waals surface area contributed by atoms with E-state index in [-0.39, 0.29) is 18.4 Å². The summed E-state index contributed by atoms with van der Waals surface area (Å²) in [4.78, 5) is 28.9. The molecule has 0 N–H and O–H groups in total. The fourth-order valence-corrected chi connectivity index (χ4v) is 3.74. The largest absolute Gasteiger partial charge is 0.497 e. The predicted molar refractivity (Wildman–Crippen MR) is 116 cm³/mol. The Labute approximate surface area is 177 Å². The molecule has 30 heavy (non-hydrogen) atoms. The molecule has 2 amide bonds.